The molecule has 108 valence electrons. The molecule has 0 atom stereocenters. The number of aryl methyl sites for hydroxylation is 2. The Kier molecular flexibility index (Phi) is 5.41. The Morgan fingerprint density at radius 1 is 1.10 bits per heavy atom. The molecular formula is C17H23BrN2. The van der Waals surface area contributed by atoms with Gasteiger partial charge in [-0.25, -0.2) is 0 Å². The van der Waals surface area contributed by atoms with E-state index in [1.165, 1.54) is 22.3 Å². The number of benzene rings is 1. The molecule has 0 aliphatic heterocycles. The third-order valence-corrected chi connectivity index (χ3v) is 3.92. The summed E-state index contributed by atoms with van der Waals surface area (Å²) in [6.45, 7) is 7.58. The van der Waals surface area contributed by atoms with Crippen LogP contribution in [0.3, 0.4) is 0 Å². The van der Waals surface area contributed by atoms with Crippen LogP contribution >= 0.6 is 15.9 Å². The van der Waals surface area contributed by atoms with E-state index in [0.29, 0.717) is 0 Å². The van der Waals surface area contributed by atoms with Gasteiger partial charge in [0.2, 0.25) is 0 Å². The van der Waals surface area contributed by atoms with Gasteiger partial charge in [-0.3, -0.25) is 4.98 Å². The van der Waals surface area contributed by atoms with E-state index in [0.717, 1.165) is 42.2 Å². The molecule has 1 aromatic heterocycles. The molecule has 0 bridgehead atoms. The van der Waals surface area contributed by atoms with E-state index in [9.17, 15) is 0 Å². The average Bonchev–Trinajstić information content (AvgIpc) is 2.44. The molecule has 0 fully saturated rings. The fourth-order valence-corrected chi connectivity index (χ4v) is 2.98. The van der Waals surface area contributed by atoms with Gasteiger partial charge in [-0.2, -0.15) is 0 Å². The van der Waals surface area contributed by atoms with Crippen molar-refractivity contribution in [2.24, 2.45) is 0 Å². The lowest BCUT2D eigenvalue weighted by Crippen LogP contribution is -2.04. The van der Waals surface area contributed by atoms with Crippen molar-refractivity contribution in [3.8, 4) is 0 Å². The second-order valence-corrected chi connectivity index (χ2v) is 6.07. The Morgan fingerprint density at radius 2 is 1.90 bits per heavy atom. The highest BCUT2D eigenvalue weighted by Gasteiger charge is 2.10. The van der Waals surface area contributed by atoms with Gasteiger partial charge in [0.25, 0.3) is 0 Å². The Hall–Kier alpha value is -1.09. The molecule has 0 amide bonds. The first-order valence-electron chi connectivity index (χ1n) is 7.55. The van der Waals surface area contributed by atoms with E-state index < -0.39 is 0 Å². The Bertz CT molecular complexity index is 593. The highest BCUT2D eigenvalue weighted by atomic mass is 79.9. The summed E-state index contributed by atoms with van der Waals surface area (Å²) in [5.74, 6) is 0. The van der Waals surface area contributed by atoms with Crippen LogP contribution < -0.4 is 5.32 Å². The second-order valence-electron chi connectivity index (χ2n) is 5.15. The summed E-state index contributed by atoms with van der Waals surface area (Å²) >= 11 is 3.62. The number of hydrogen-bond acceptors (Lipinski definition) is 2. The van der Waals surface area contributed by atoms with Crippen LogP contribution in [0.25, 0.3) is 10.9 Å². The van der Waals surface area contributed by atoms with E-state index in [1.807, 2.05) is 0 Å². The largest absolute Gasteiger partial charge is 0.384 e. The first-order valence-corrected chi connectivity index (χ1v) is 8.34. The maximum absolute atomic E-state index is 4.88. The van der Waals surface area contributed by atoms with Gasteiger partial charge in [0.1, 0.15) is 0 Å². The maximum atomic E-state index is 4.88. The highest BCUT2D eigenvalue weighted by Crippen LogP contribution is 2.30. The molecule has 0 radical (unpaired) electrons. The predicted octanol–water partition coefficient (Wildman–Crippen LogP) is 5.33. The van der Waals surface area contributed by atoms with Gasteiger partial charge in [-0.05, 0) is 43.0 Å². The molecule has 1 N–H and O–H groups in total. The van der Waals surface area contributed by atoms with Crippen LogP contribution in [0.5, 0.6) is 0 Å². The first kappa shape index (κ1) is 15.3. The smallest absolute Gasteiger partial charge is 0.0758 e. The van der Waals surface area contributed by atoms with Crippen molar-refractivity contribution >= 4 is 32.5 Å². The maximum Gasteiger partial charge on any atom is 0.0758 e. The molecule has 3 heteroatoms. The van der Waals surface area contributed by atoms with Crippen molar-refractivity contribution < 1.29 is 0 Å². The Balaban J connectivity index is 2.63. The van der Waals surface area contributed by atoms with Crippen LogP contribution in [0.2, 0.25) is 0 Å². The first-order chi connectivity index (χ1) is 9.69. The van der Waals surface area contributed by atoms with E-state index in [1.54, 1.807) is 0 Å². The summed E-state index contributed by atoms with van der Waals surface area (Å²) in [5.41, 5.74) is 4.87. The van der Waals surface area contributed by atoms with Gasteiger partial charge in [-0.1, -0.05) is 43.1 Å². The van der Waals surface area contributed by atoms with Gasteiger partial charge in [0.15, 0.2) is 0 Å². The molecule has 0 aliphatic carbocycles. The SMILES string of the molecule is CCCNc1cc(CCC)nc2c(CC)cc(Br)cc12. The lowest BCUT2D eigenvalue weighted by Gasteiger charge is -2.14. The van der Waals surface area contributed by atoms with Gasteiger partial charge in [-0.15, -0.1) is 0 Å². The summed E-state index contributed by atoms with van der Waals surface area (Å²) in [7, 11) is 0. The monoisotopic (exact) mass is 334 g/mol. The van der Waals surface area contributed by atoms with Crippen molar-refractivity contribution in [2.75, 3.05) is 11.9 Å². The quantitative estimate of drug-likeness (QED) is 0.771. The van der Waals surface area contributed by atoms with Crippen molar-refractivity contribution in [1.82, 2.24) is 4.98 Å². The van der Waals surface area contributed by atoms with Crippen LogP contribution in [0.15, 0.2) is 22.7 Å². The Labute approximate surface area is 130 Å². The number of rotatable bonds is 6. The summed E-state index contributed by atoms with van der Waals surface area (Å²) in [5, 5.41) is 4.78. The summed E-state index contributed by atoms with van der Waals surface area (Å²) in [4.78, 5) is 4.88. The molecule has 20 heavy (non-hydrogen) atoms. The highest BCUT2D eigenvalue weighted by molar-refractivity contribution is 9.10. The number of hydrogen-bond donors (Lipinski definition) is 1. The van der Waals surface area contributed by atoms with Crippen molar-refractivity contribution in [3.63, 3.8) is 0 Å². The van der Waals surface area contributed by atoms with Gasteiger partial charge in [0.05, 0.1) is 5.52 Å². The van der Waals surface area contributed by atoms with Crippen molar-refractivity contribution in [3.05, 3.63) is 33.9 Å². The van der Waals surface area contributed by atoms with Gasteiger partial charge < -0.3 is 5.32 Å². The molecule has 0 aliphatic rings. The van der Waals surface area contributed by atoms with Gasteiger partial charge in [0, 0.05) is 27.8 Å². The zero-order chi connectivity index (χ0) is 14.5. The van der Waals surface area contributed by atoms with Gasteiger partial charge >= 0.3 is 0 Å². The standard InChI is InChI=1S/C17H23BrN2/c1-4-7-14-11-16(19-8-5-2)15-10-13(18)9-12(6-3)17(15)20-14/h9-11H,4-8H2,1-3H3,(H,19,20). The summed E-state index contributed by atoms with van der Waals surface area (Å²) in [6, 6.07) is 6.58. The number of anilines is 1. The summed E-state index contributed by atoms with van der Waals surface area (Å²) in [6.07, 6.45) is 4.30. The van der Waals surface area contributed by atoms with E-state index in [2.05, 4.69) is 60.2 Å². The normalized spacial score (nSPS) is 11.0. The zero-order valence-electron chi connectivity index (χ0n) is 12.6. The molecule has 1 heterocycles. The third-order valence-electron chi connectivity index (χ3n) is 3.46. The number of aromatic nitrogens is 1. The van der Waals surface area contributed by atoms with Crippen LogP contribution in [0.4, 0.5) is 5.69 Å². The number of fused-ring (bicyclic) bond motifs is 1. The van der Waals surface area contributed by atoms with E-state index >= 15 is 0 Å². The van der Waals surface area contributed by atoms with Crippen molar-refractivity contribution in [1.29, 1.82) is 0 Å². The molecule has 0 saturated heterocycles. The minimum atomic E-state index is 0.999. The minimum Gasteiger partial charge on any atom is -0.384 e. The third kappa shape index (κ3) is 3.32. The average molecular weight is 335 g/mol. The summed E-state index contributed by atoms with van der Waals surface area (Å²) < 4.78 is 1.13. The van der Waals surface area contributed by atoms with Crippen LogP contribution in [0.1, 0.15) is 44.9 Å². The fraction of sp³-hybridized carbons (Fsp3) is 0.471. The lowest BCUT2D eigenvalue weighted by molar-refractivity contribution is 0.887. The molecule has 2 rings (SSSR count). The molecule has 2 aromatic rings. The van der Waals surface area contributed by atoms with Crippen LogP contribution in [-0.4, -0.2) is 11.5 Å². The molecule has 1 aromatic carbocycles. The minimum absolute atomic E-state index is 0.999. The second kappa shape index (κ2) is 7.07. The predicted molar refractivity (Wildman–Crippen MR) is 91.6 cm³/mol. The lowest BCUT2D eigenvalue weighted by atomic mass is 10.0. The number of nitrogens with zero attached hydrogens (tertiary/aromatic N) is 1. The zero-order valence-corrected chi connectivity index (χ0v) is 14.2. The van der Waals surface area contributed by atoms with E-state index in [-0.39, 0.29) is 0 Å². The molecule has 2 nitrogen and oxygen atoms in total. The van der Waals surface area contributed by atoms with E-state index in [4.69, 9.17) is 4.98 Å². The van der Waals surface area contributed by atoms with Crippen molar-refractivity contribution in [2.45, 2.75) is 46.5 Å². The number of pyridine rings is 1. The Morgan fingerprint density at radius 3 is 2.55 bits per heavy atom. The fourth-order valence-electron chi connectivity index (χ4n) is 2.47. The number of halogens is 1. The number of nitrogens with one attached hydrogen (secondary N) is 1. The molecule has 0 saturated carbocycles. The molecular weight excluding hydrogens is 312 g/mol. The van der Waals surface area contributed by atoms with Crippen LogP contribution in [0, 0.1) is 0 Å². The topological polar surface area (TPSA) is 24.9 Å². The molecule has 0 unspecified atom stereocenters. The molecule has 0 spiro atoms. The van der Waals surface area contributed by atoms with Crippen LogP contribution in [-0.2, 0) is 12.8 Å².